The van der Waals surface area contributed by atoms with Crippen LogP contribution in [-0.4, -0.2) is 21.6 Å². The van der Waals surface area contributed by atoms with E-state index in [9.17, 15) is 8.42 Å². The van der Waals surface area contributed by atoms with E-state index < -0.39 is 10.0 Å². The van der Waals surface area contributed by atoms with Crippen LogP contribution in [0.3, 0.4) is 0 Å². The molecule has 4 nitrogen and oxygen atoms in total. The van der Waals surface area contributed by atoms with E-state index in [1.54, 1.807) is 23.5 Å². The van der Waals surface area contributed by atoms with Crippen molar-refractivity contribution in [1.29, 1.82) is 0 Å². The molecule has 0 aromatic heterocycles. The summed E-state index contributed by atoms with van der Waals surface area (Å²) in [5.74, 6) is 0.735. The number of hydrogen-bond donors (Lipinski definition) is 0. The zero-order valence-electron chi connectivity index (χ0n) is 13.8. The molecular formula is C18H21NO3S. The molecule has 0 saturated carbocycles. The van der Waals surface area contributed by atoms with Crippen LogP contribution in [0.2, 0.25) is 0 Å². The molecule has 0 spiro atoms. The maximum Gasteiger partial charge on any atom is 0.264 e. The van der Waals surface area contributed by atoms with E-state index in [0.29, 0.717) is 4.90 Å². The number of aryl methyl sites for hydroxylation is 2. The predicted octanol–water partition coefficient (Wildman–Crippen LogP) is 3.45. The Morgan fingerprint density at radius 2 is 1.74 bits per heavy atom. The summed E-state index contributed by atoms with van der Waals surface area (Å²) in [5, 5.41) is 0. The fraction of sp³-hybridized carbons (Fsp3) is 0.333. The molecule has 2 aromatic carbocycles. The molecule has 122 valence electrons. The molecule has 0 bridgehead atoms. The van der Waals surface area contributed by atoms with Crippen molar-refractivity contribution in [3.05, 3.63) is 53.1 Å². The number of rotatable bonds is 3. The van der Waals surface area contributed by atoms with Crippen LogP contribution in [0.4, 0.5) is 5.69 Å². The first-order valence-corrected chi connectivity index (χ1v) is 9.08. The van der Waals surface area contributed by atoms with Gasteiger partial charge in [0.25, 0.3) is 10.0 Å². The molecule has 5 heteroatoms. The van der Waals surface area contributed by atoms with E-state index in [4.69, 9.17) is 4.74 Å². The predicted molar refractivity (Wildman–Crippen MR) is 91.7 cm³/mol. The SMILES string of the molecule is COc1c(C)cc(S(=O)(=O)N2c3ccccc3CC2C)cc1C. The third kappa shape index (κ3) is 2.49. The molecule has 0 radical (unpaired) electrons. The molecule has 1 atom stereocenters. The van der Waals surface area contributed by atoms with Crippen LogP contribution in [0, 0.1) is 13.8 Å². The number of benzene rings is 2. The maximum absolute atomic E-state index is 13.2. The molecule has 0 saturated heterocycles. The van der Waals surface area contributed by atoms with Crippen molar-refractivity contribution in [3.63, 3.8) is 0 Å². The van der Waals surface area contributed by atoms with E-state index in [1.165, 1.54) is 0 Å². The van der Waals surface area contributed by atoms with Gasteiger partial charge in [0.05, 0.1) is 17.7 Å². The molecule has 1 aliphatic rings. The van der Waals surface area contributed by atoms with Crippen molar-refractivity contribution >= 4 is 15.7 Å². The lowest BCUT2D eigenvalue weighted by Gasteiger charge is -2.25. The first kappa shape index (κ1) is 15.9. The number of nitrogens with zero attached hydrogens (tertiary/aromatic N) is 1. The second kappa shape index (κ2) is 5.57. The van der Waals surface area contributed by atoms with Gasteiger partial charge < -0.3 is 4.74 Å². The number of anilines is 1. The minimum atomic E-state index is -3.59. The molecular weight excluding hydrogens is 310 g/mol. The first-order chi connectivity index (χ1) is 10.9. The van der Waals surface area contributed by atoms with E-state index in [2.05, 4.69) is 0 Å². The minimum absolute atomic E-state index is 0.0832. The lowest BCUT2D eigenvalue weighted by Crippen LogP contribution is -2.35. The average Bonchev–Trinajstić information content (AvgIpc) is 2.83. The molecule has 3 rings (SSSR count). The highest BCUT2D eigenvalue weighted by Gasteiger charge is 2.36. The Hall–Kier alpha value is -2.01. The van der Waals surface area contributed by atoms with Gasteiger partial charge in [0, 0.05) is 6.04 Å². The van der Waals surface area contributed by atoms with Gasteiger partial charge in [-0.05, 0) is 62.1 Å². The van der Waals surface area contributed by atoms with Gasteiger partial charge in [-0.1, -0.05) is 18.2 Å². The summed E-state index contributed by atoms with van der Waals surface area (Å²) >= 11 is 0. The van der Waals surface area contributed by atoms with Crippen molar-refractivity contribution in [2.75, 3.05) is 11.4 Å². The second-order valence-electron chi connectivity index (χ2n) is 6.07. The Kier molecular flexibility index (Phi) is 3.84. The first-order valence-electron chi connectivity index (χ1n) is 7.64. The smallest absolute Gasteiger partial charge is 0.264 e. The minimum Gasteiger partial charge on any atom is -0.496 e. The van der Waals surface area contributed by atoms with Gasteiger partial charge >= 0.3 is 0 Å². The monoisotopic (exact) mass is 331 g/mol. The fourth-order valence-electron chi connectivity index (χ4n) is 3.40. The largest absolute Gasteiger partial charge is 0.496 e. The number of methoxy groups -OCH3 is 1. The van der Waals surface area contributed by atoms with Gasteiger partial charge in [0.1, 0.15) is 5.75 Å². The standard InChI is InChI=1S/C18H21NO3S/c1-12-9-16(10-13(2)18(12)22-4)23(20,21)19-14(3)11-15-7-5-6-8-17(15)19/h5-10,14H,11H2,1-4H3. The molecule has 0 aliphatic carbocycles. The quantitative estimate of drug-likeness (QED) is 0.865. The van der Waals surface area contributed by atoms with Crippen LogP contribution >= 0.6 is 0 Å². The van der Waals surface area contributed by atoms with Gasteiger partial charge in [0.2, 0.25) is 0 Å². The fourth-order valence-corrected chi connectivity index (χ4v) is 5.26. The summed E-state index contributed by atoms with van der Waals surface area (Å²) in [4.78, 5) is 0.317. The van der Waals surface area contributed by atoms with E-state index in [0.717, 1.165) is 34.5 Å². The molecule has 0 fully saturated rings. The van der Waals surface area contributed by atoms with Crippen LogP contribution in [0.15, 0.2) is 41.3 Å². The molecule has 1 unspecified atom stereocenters. The van der Waals surface area contributed by atoms with Crippen LogP contribution in [0.25, 0.3) is 0 Å². The zero-order valence-corrected chi connectivity index (χ0v) is 14.6. The van der Waals surface area contributed by atoms with Crippen molar-refractivity contribution in [3.8, 4) is 5.75 Å². The number of ether oxygens (including phenoxy) is 1. The number of fused-ring (bicyclic) bond motifs is 1. The summed E-state index contributed by atoms with van der Waals surface area (Å²) in [5.41, 5.74) is 3.51. The summed E-state index contributed by atoms with van der Waals surface area (Å²) in [7, 11) is -1.99. The van der Waals surface area contributed by atoms with E-state index in [1.807, 2.05) is 45.0 Å². The van der Waals surface area contributed by atoms with Gasteiger partial charge in [-0.15, -0.1) is 0 Å². The molecule has 23 heavy (non-hydrogen) atoms. The Bertz CT molecular complexity index is 835. The third-order valence-corrected chi connectivity index (χ3v) is 6.25. The molecule has 0 amide bonds. The van der Waals surface area contributed by atoms with Gasteiger partial charge in [-0.25, -0.2) is 8.42 Å². The molecule has 0 N–H and O–H groups in total. The van der Waals surface area contributed by atoms with Crippen molar-refractivity contribution in [1.82, 2.24) is 0 Å². The van der Waals surface area contributed by atoms with Crippen LogP contribution < -0.4 is 9.04 Å². The Morgan fingerprint density at radius 3 is 2.35 bits per heavy atom. The summed E-state index contributed by atoms with van der Waals surface area (Å²) in [6.45, 7) is 5.68. The van der Waals surface area contributed by atoms with Crippen LogP contribution in [0.1, 0.15) is 23.6 Å². The molecule has 2 aromatic rings. The van der Waals surface area contributed by atoms with Crippen molar-refractivity contribution in [2.45, 2.75) is 38.1 Å². The maximum atomic E-state index is 13.2. The second-order valence-corrected chi connectivity index (χ2v) is 7.89. The van der Waals surface area contributed by atoms with Crippen molar-refractivity contribution in [2.24, 2.45) is 0 Å². The van der Waals surface area contributed by atoms with Gasteiger partial charge in [-0.2, -0.15) is 0 Å². The summed E-state index contributed by atoms with van der Waals surface area (Å²) < 4.78 is 33.3. The zero-order chi connectivity index (χ0) is 16.8. The molecule has 1 aliphatic heterocycles. The Morgan fingerprint density at radius 1 is 1.13 bits per heavy atom. The third-order valence-electron chi connectivity index (χ3n) is 4.34. The van der Waals surface area contributed by atoms with Gasteiger partial charge in [-0.3, -0.25) is 4.31 Å². The Balaban J connectivity index is 2.13. The van der Waals surface area contributed by atoms with Crippen LogP contribution in [0.5, 0.6) is 5.75 Å². The highest BCUT2D eigenvalue weighted by atomic mass is 32.2. The van der Waals surface area contributed by atoms with Crippen LogP contribution in [-0.2, 0) is 16.4 Å². The Labute approximate surface area is 137 Å². The van der Waals surface area contributed by atoms with Gasteiger partial charge in [0.15, 0.2) is 0 Å². The number of para-hydroxylation sites is 1. The highest BCUT2D eigenvalue weighted by Crippen LogP contribution is 2.37. The molecule has 1 heterocycles. The summed E-state index contributed by atoms with van der Waals surface area (Å²) in [6, 6.07) is 11.0. The van der Waals surface area contributed by atoms with Crippen molar-refractivity contribution < 1.29 is 13.2 Å². The normalized spacial score (nSPS) is 17.2. The summed E-state index contributed by atoms with van der Waals surface area (Å²) in [6.07, 6.45) is 0.740. The highest BCUT2D eigenvalue weighted by molar-refractivity contribution is 7.92. The average molecular weight is 331 g/mol. The van der Waals surface area contributed by atoms with E-state index >= 15 is 0 Å². The lowest BCUT2D eigenvalue weighted by atomic mass is 10.1. The van der Waals surface area contributed by atoms with E-state index in [-0.39, 0.29) is 6.04 Å². The number of sulfonamides is 1. The number of hydrogen-bond acceptors (Lipinski definition) is 3. The lowest BCUT2D eigenvalue weighted by molar-refractivity contribution is 0.408. The topological polar surface area (TPSA) is 46.6 Å².